The van der Waals surface area contributed by atoms with E-state index in [1.165, 1.54) is 0 Å². The van der Waals surface area contributed by atoms with Crippen LogP contribution in [0, 0.1) is 0 Å². The minimum atomic E-state index is -1.40. The molecule has 0 radical (unpaired) electrons. The van der Waals surface area contributed by atoms with Gasteiger partial charge in [-0.25, -0.2) is 0 Å². The Morgan fingerprint density at radius 3 is 2.43 bits per heavy atom. The van der Waals surface area contributed by atoms with E-state index in [0.29, 0.717) is 5.46 Å². The zero-order chi connectivity index (χ0) is 10.4. The summed E-state index contributed by atoms with van der Waals surface area (Å²) in [6.07, 6.45) is 2.38. The van der Waals surface area contributed by atoms with Crippen LogP contribution >= 0.6 is 0 Å². The van der Waals surface area contributed by atoms with Gasteiger partial charge in [-0.15, -0.1) is 0 Å². The number of aliphatic hydroxyl groups excluding tert-OH is 1. The van der Waals surface area contributed by atoms with Crippen LogP contribution in [-0.2, 0) is 6.42 Å². The molecule has 0 heterocycles. The van der Waals surface area contributed by atoms with Crippen LogP contribution in [0.5, 0.6) is 0 Å². The maximum Gasteiger partial charge on any atom is 0.488 e. The highest BCUT2D eigenvalue weighted by Crippen LogP contribution is 2.03. The van der Waals surface area contributed by atoms with Crippen molar-refractivity contribution in [1.82, 2.24) is 0 Å². The van der Waals surface area contributed by atoms with Crippen LogP contribution in [0.4, 0.5) is 0 Å². The molecule has 1 aromatic carbocycles. The van der Waals surface area contributed by atoms with Crippen LogP contribution in [0.1, 0.15) is 18.4 Å². The second-order valence-electron chi connectivity index (χ2n) is 3.25. The fourth-order valence-electron chi connectivity index (χ4n) is 1.44. The Morgan fingerprint density at radius 2 is 1.79 bits per heavy atom. The average molecular weight is 194 g/mol. The number of unbranched alkanes of at least 4 members (excludes halogenated alkanes) is 1. The summed E-state index contributed by atoms with van der Waals surface area (Å²) >= 11 is 0. The van der Waals surface area contributed by atoms with Crippen LogP contribution < -0.4 is 5.46 Å². The molecule has 3 N–H and O–H groups in total. The smallest absolute Gasteiger partial charge is 0.423 e. The Morgan fingerprint density at radius 1 is 1.07 bits per heavy atom. The van der Waals surface area contributed by atoms with Crippen molar-refractivity contribution in [2.24, 2.45) is 0 Å². The standard InChI is InChI=1S/C10H15BO3/c12-8-4-3-6-9-5-1-2-7-10(9)11(13)14/h1-2,5,7,12-14H,3-4,6,8H2. The lowest BCUT2D eigenvalue weighted by Crippen LogP contribution is -2.32. The molecule has 0 fully saturated rings. The summed E-state index contributed by atoms with van der Waals surface area (Å²) in [5.41, 5.74) is 1.50. The Labute approximate surface area is 84.2 Å². The Bertz CT molecular complexity index is 276. The highest BCUT2D eigenvalue weighted by molar-refractivity contribution is 6.59. The van der Waals surface area contributed by atoms with Gasteiger partial charge in [0, 0.05) is 6.61 Å². The van der Waals surface area contributed by atoms with E-state index in [0.717, 1.165) is 24.8 Å². The van der Waals surface area contributed by atoms with E-state index in [1.807, 2.05) is 12.1 Å². The van der Waals surface area contributed by atoms with Crippen molar-refractivity contribution >= 4 is 12.6 Å². The maximum atomic E-state index is 9.07. The number of rotatable bonds is 5. The van der Waals surface area contributed by atoms with E-state index in [4.69, 9.17) is 15.2 Å². The van der Waals surface area contributed by atoms with Crippen molar-refractivity contribution in [3.05, 3.63) is 29.8 Å². The van der Waals surface area contributed by atoms with E-state index in [2.05, 4.69) is 0 Å². The molecule has 0 unspecified atom stereocenters. The Hall–Kier alpha value is -0.835. The summed E-state index contributed by atoms with van der Waals surface area (Å²) in [6, 6.07) is 7.25. The SMILES string of the molecule is OCCCCc1ccccc1B(O)O. The number of hydrogen-bond donors (Lipinski definition) is 3. The topological polar surface area (TPSA) is 60.7 Å². The molecule has 0 saturated carbocycles. The monoisotopic (exact) mass is 194 g/mol. The van der Waals surface area contributed by atoms with E-state index >= 15 is 0 Å². The van der Waals surface area contributed by atoms with Crippen molar-refractivity contribution in [3.8, 4) is 0 Å². The molecule has 0 aliphatic carbocycles. The summed E-state index contributed by atoms with van der Waals surface area (Å²) < 4.78 is 0. The normalized spacial score (nSPS) is 10.2. The van der Waals surface area contributed by atoms with Crippen LogP contribution in [0.2, 0.25) is 0 Å². The molecule has 0 atom stereocenters. The first-order valence-corrected chi connectivity index (χ1v) is 4.80. The quantitative estimate of drug-likeness (QED) is 0.444. The van der Waals surface area contributed by atoms with Gasteiger partial charge in [0.1, 0.15) is 0 Å². The molecule has 0 amide bonds. The van der Waals surface area contributed by atoms with Gasteiger partial charge in [-0.05, 0) is 30.3 Å². The van der Waals surface area contributed by atoms with Crippen LogP contribution in [0.3, 0.4) is 0 Å². The molecule has 0 aliphatic heterocycles. The van der Waals surface area contributed by atoms with E-state index in [1.54, 1.807) is 12.1 Å². The highest BCUT2D eigenvalue weighted by atomic mass is 16.4. The lowest BCUT2D eigenvalue weighted by molar-refractivity contribution is 0.284. The minimum absolute atomic E-state index is 0.184. The van der Waals surface area contributed by atoms with Gasteiger partial charge in [0.25, 0.3) is 0 Å². The van der Waals surface area contributed by atoms with Gasteiger partial charge < -0.3 is 15.2 Å². The van der Waals surface area contributed by atoms with Gasteiger partial charge in [-0.2, -0.15) is 0 Å². The second kappa shape index (κ2) is 5.80. The van der Waals surface area contributed by atoms with Crippen molar-refractivity contribution in [2.45, 2.75) is 19.3 Å². The van der Waals surface area contributed by atoms with Crippen molar-refractivity contribution in [3.63, 3.8) is 0 Å². The zero-order valence-electron chi connectivity index (χ0n) is 8.06. The molecule has 0 aliphatic rings. The van der Waals surface area contributed by atoms with Crippen molar-refractivity contribution in [2.75, 3.05) is 6.61 Å². The van der Waals surface area contributed by atoms with Gasteiger partial charge in [0.05, 0.1) is 0 Å². The third-order valence-corrected chi connectivity index (χ3v) is 2.19. The fourth-order valence-corrected chi connectivity index (χ4v) is 1.44. The maximum absolute atomic E-state index is 9.07. The van der Waals surface area contributed by atoms with Crippen LogP contribution in [0.15, 0.2) is 24.3 Å². The molecule has 3 nitrogen and oxygen atoms in total. The molecule has 76 valence electrons. The summed E-state index contributed by atoms with van der Waals surface area (Å²) in [6.45, 7) is 0.184. The van der Waals surface area contributed by atoms with Gasteiger partial charge in [0.15, 0.2) is 0 Å². The number of aryl methyl sites for hydroxylation is 1. The number of aliphatic hydroxyl groups is 1. The third kappa shape index (κ3) is 3.14. The molecule has 14 heavy (non-hydrogen) atoms. The second-order valence-corrected chi connectivity index (χ2v) is 3.25. The Balaban J connectivity index is 2.64. The molecule has 1 rings (SSSR count). The molecule has 0 aromatic heterocycles. The summed E-state index contributed by atoms with van der Waals surface area (Å²) in [4.78, 5) is 0. The first kappa shape index (κ1) is 11.2. The number of hydrogen-bond acceptors (Lipinski definition) is 3. The molecule has 0 saturated heterocycles. The number of benzene rings is 1. The van der Waals surface area contributed by atoms with Crippen LogP contribution in [0.25, 0.3) is 0 Å². The molecule has 1 aromatic rings. The average Bonchev–Trinajstić information content (AvgIpc) is 2.19. The van der Waals surface area contributed by atoms with Gasteiger partial charge in [-0.3, -0.25) is 0 Å². The van der Waals surface area contributed by atoms with E-state index in [9.17, 15) is 0 Å². The molecular weight excluding hydrogens is 179 g/mol. The largest absolute Gasteiger partial charge is 0.488 e. The summed E-state index contributed by atoms with van der Waals surface area (Å²) in [7, 11) is -1.40. The molecular formula is C10H15BO3. The molecule has 4 heteroatoms. The predicted molar refractivity (Wildman–Crippen MR) is 56.3 cm³/mol. The van der Waals surface area contributed by atoms with Gasteiger partial charge in [0.2, 0.25) is 0 Å². The predicted octanol–water partition coefficient (Wildman–Crippen LogP) is -0.319. The minimum Gasteiger partial charge on any atom is -0.423 e. The van der Waals surface area contributed by atoms with Gasteiger partial charge >= 0.3 is 7.12 Å². The van der Waals surface area contributed by atoms with Crippen molar-refractivity contribution < 1.29 is 15.2 Å². The lowest BCUT2D eigenvalue weighted by Gasteiger charge is -2.07. The summed E-state index contributed by atoms with van der Waals surface area (Å²) in [5.74, 6) is 0. The fraction of sp³-hybridized carbons (Fsp3) is 0.400. The van der Waals surface area contributed by atoms with E-state index < -0.39 is 7.12 Å². The zero-order valence-corrected chi connectivity index (χ0v) is 8.06. The molecule has 0 bridgehead atoms. The first-order chi connectivity index (χ1) is 6.75. The van der Waals surface area contributed by atoms with Crippen LogP contribution in [-0.4, -0.2) is 28.9 Å². The summed E-state index contributed by atoms with van der Waals surface area (Å²) in [5, 5.41) is 26.8. The van der Waals surface area contributed by atoms with Gasteiger partial charge in [-0.1, -0.05) is 24.3 Å². The first-order valence-electron chi connectivity index (χ1n) is 4.80. The van der Waals surface area contributed by atoms with Crippen molar-refractivity contribution in [1.29, 1.82) is 0 Å². The van der Waals surface area contributed by atoms with E-state index in [-0.39, 0.29) is 6.61 Å². The highest BCUT2D eigenvalue weighted by Gasteiger charge is 2.14. The Kier molecular flexibility index (Phi) is 4.66. The third-order valence-electron chi connectivity index (χ3n) is 2.19. The molecule has 0 spiro atoms. The lowest BCUT2D eigenvalue weighted by atomic mass is 9.76.